The summed E-state index contributed by atoms with van der Waals surface area (Å²) in [5.41, 5.74) is 7.43. The molecule has 3 rings (SSSR count). The Morgan fingerprint density at radius 3 is 2.68 bits per heavy atom. The lowest BCUT2D eigenvalue weighted by Gasteiger charge is -2.42. The highest BCUT2D eigenvalue weighted by molar-refractivity contribution is 9.10. The van der Waals surface area contributed by atoms with Crippen LogP contribution in [0.25, 0.3) is 0 Å². The molecule has 3 heteroatoms. The molecule has 2 unspecified atom stereocenters. The van der Waals surface area contributed by atoms with Crippen LogP contribution in [0.15, 0.2) is 28.7 Å². The lowest BCUT2D eigenvalue weighted by atomic mass is 9.73. The van der Waals surface area contributed by atoms with Gasteiger partial charge in [-0.15, -0.1) is 0 Å². The summed E-state index contributed by atoms with van der Waals surface area (Å²) in [7, 11) is 0. The molecule has 0 aromatic heterocycles. The van der Waals surface area contributed by atoms with Crippen molar-refractivity contribution in [3.63, 3.8) is 0 Å². The predicted molar refractivity (Wildman–Crippen MR) is 84.2 cm³/mol. The van der Waals surface area contributed by atoms with Crippen LogP contribution >= 0.6 is 15.9 Å². The molecule has 0 spiro atoms. The molecule has 2 fully saturated rings. The van der Waals surface area contributed by atoms with Crippen LogP contribution in [-0.4, -0.2) is 12.1 Å². The summed E-state index contributed by atoms with van der Waals surface area (Å²) < 4.78 is 1.14. The molecule has 0 saturated heterocycles. The van der Waals surface area contributed by atoms with E-state index < -0.39 is 0 Å². The molecular weight excluding hydrogens is 300 g/mol. The van der Waals surface area contributed by atoms with Gasteiger partial charge >= 0.3 is 0 Å². The van der Waals surface area contributed by atoms with E-state index >= 15 is 0 Å². The second-order valence-electron chi connectivity index (χ2n) is 6.28. The fourth-order valence-electron chi connectivity index (χ4n) is 3.58. The molecule has 104 valence electrons. The summed E-state index contributed by atoms with van der Waals surface area (Å²) in [6, 6.07) is 8.37. The quantitative estimate of drug-likeness (QED) is 0.873. The molecule has 2 aliphatic rings. The van der Waals surface area contributed by atoms with Crippen molar-refractivity contribution in [2.45, 2.75) is 44.1 Å². The summed E-state index contributed by atoms with van der Waals surface area (Å²) in [6.07, 6.45) is 8.06. The Kier molecular flexibility index (Phi) is 3.86. The molecule has 3 N–H and O–H groups in total. The lowest BCUT2D eigenvalue weighted by molar-refractivity contribution is 0.228. The van der Waals surface area contributed by atoms with Crippen molar-refractivity contribution >= 4 is 21.6 Å². The number of anilines is 1. The summed E-state index contributed by atoms with van der Waals surface area (Å²) in [4.78, 5) is 0. The van der Waals surface area contributed by atoms with Gasteiger partial charge in [0.25, 0.3) is 0 Å². The highest BCUT2D eigenvalue weighted by atomic mass is 79.9. The van der Waals surface area contributed by atoms with Gasteiger partial charge in [0, 0.05) is 22.2 Å². The number of nitrogens with two attached hydrogens (primary N) is 1. The fraction of sp³-hybridized carbons (Fsp3) is 0.625. The smallest absolute Gasteiger partial charge is 0.0498 e. The molecule has 2 saturated carbocycles. The Bertz CT molecular complexity index is 444. The van der Waals surface area contributed by atoms with E-state index in [1.807, 2.05) is 0 Å². The normalized spacial score (nSPS) is 31.2. The Morgan fingerprint density at radius 1 is 1.21 bits per heavy atom. The third-order valence-electron chi connectivity index (χ3n) is 4.84. The minimum absolute atomic E-state index is 0.107. The van der Waals surface area contributed by atoms with Gasteiger partial charge in [-0.05, 0) is 65.6 Å². The number of rotatable bonds is 4. The summed E-state index contributed by atoms with van der Waals surface area (Å²) in [5.74, 6) is 1.89. The molecule has 0 amide bonds. The maximum Gasteiger partial charge on any atom is 0.0498 e. The second-order valence-corrected chi connectivity index (χ2v) is 7.14. The monoisotopic (exact) mass is 322 g/mol. The number of para-hydroxylation sites is 1. The van der Waals surface area contributed by atoms with Gasteiger partial charge < -0.3 is 11.1 Å². The van der Waals surface area contributed by atoms with Crippen LogP contribution in [0.1, 0.15) is 38.5 Å². The largest absolute Gasteiger partial charge is 0.377 e. The van der Waals surface area contributed by atoms with Crippen molar-refractivity contribution in [1.29, 1.82) is 0 Å². The number of benzene rings is 1. The van der Waals surface area contributed by atoms with Crippen LogP contribution in [0, 0.1) is 11.8 Å². The molecular formula is C16H23BrN2. The van der Waals surface area contributed by atoms with Crippen molar-refractivity contribution in [3.8, 4) is 0 Å². The van der Waals surface area contributed by atoms with E-state index in [0.717, 1.165) is 22.9 Å². The molecule has 0 aliphatic heterocycles. The van der Waals surface area contributed by atoms with Crippen molar-refractivity contribution in [3.05, 3.63) is 28.7 Å². The van der Waals surface area contributed by atoms with Gasteiger partial charge in [0.2, 0.25) is 0 Å². The van der Waals surface area contributed by atoms with E-state index in [9.17, 15) is 0 Å². The fourth-order valence-corrected chi connectivity index (χ4v) is 3.96. The molecule has 0 heterocycles. The number of halogens is 1. The molecule has 2 atom stereocenters. The van der Waals surface area contributed by atoms with Crippen LogP contribution in [0.5, 0.6) is 0 Å². The van der Waals surface area contributed by atoms with Gasteiger partial charge in [0.15, 0.2) is 0 Å². The molecule has 2 aliphatic carbocycles. The van der Waals surface area contributed by atoms with Crippen LogP contribution in [0.2, 0.25) is 0 Å². The molecule has 1 aromatic carbocycles. The first-order chi connectivity index (χ1) is 9.22. The topological polar surface area (TPSA) is 38.0 Å². The standard InChI is InChI=1S/C16H23BrN2/c17-14-5-1-2-6-15(14)19-16(11-18)9-3-4-13(10-16)12-7-8-12/h1-2,5-6,12-13,19H,3-4,7-11,18H2. The molecule has 2 nitrogen and oxygen atoms in total. The minimum Gasteiger partial charge on any atom is -0.377 e. The number of hydrogen-bond donors (Lipinski definition) is 2. The Balaban J connectivity index is 1.76. The van der Waals surface area contributed by atoms with E-state index in [1.54, 1.807) is 0 Å². The Hall–Kier alpha value is -0.540. The lowest BCUT2D eigenvalue weighted by Crippen LogP contribution is -2.49. The number of hydrogen-bond acceptors (Lipinski definition) is 2. The maximum absolute atomic E-state index is 6.14. The maximum atomic E-state index is 6.14. The van der Waals surface area contributed by atoms with E-state index in [-0.39, 0.29) is 5.54 Å². The van der Waals surface area contributed by atoms with Crippen LogP contribution in [-0.2, 0) is 0 Å². The molecule has 0 radical (unpaired) electrons. The van der Waals surface area contributed by atoms with Gasteiger partial charge in [0.05, 0.1) is 0 Å². The molecule has 19 heavy (non-hydrogen) atoms. The van der Waals surface area contributed by atoms with E-state index in [0.29, 0.717) is 0 Å². The SMILES string of the molecule is NCC1(Nc2ccccc2Br)CCCC(C2CC2)C1. The highest BCUT2D eigenvalue weighted by Crippen LogP contribution is 2.47. The average molecular weight is 323 g/mol. The van der Waals surface area contributed by atoms with Gasteiger partial charge in [-0.3, -0.25) is 0 Å². The summed E-state index contributed by atoms with van der Waals surface area (Å²) in [5, 5.41) is 3.75. The molecule has 1 aromatic rings. The van der Waals surface area contributed by atoms with E-state index in [2.05, 4.69) is 45.5 Å². The zero-order chi connectivity index (χ0) is 13.3. The first kappa shape index (κ1) is 13.4. The van der Waals surface area contributed by atoms with E-state index in [1.165, 1.54) is 44.2 Å². The van der Waals surface area contributed by atoms with Crippen molar-refractivity contribution in [1.82, 2.24) is 0 Å². The van der Waals surface area contributed by atoms with Gasteiger partial charge in [-0.2, -0.15) is 0 Å². The van der Waals surface area contributed by atoms with Crippen LogP contribution in [0.3, 0.4) is 0 Å². The molecule has 0 bridgehead atoms. The Morgan fingerprint density at radius 2 is 2.00 bits per heavy atom. The number of nitrogens with one attached hydrogen (secondary N) is 1. The highest BCUT2D eigenvalue weighted by Gasteiger charge is 2.41. The summed E-state index contributed by atoms with van der Waals surface area (Å²) in [6.45, 7) is 0.734. The zero-order valence-electron chi connectivity index (χ0n) is 11.4. The van der Waals surface area contributed by atoms with Gasteiger partial charge in [0.1, 0.15) is 0 Å². The first-order valence-corrected chi connectivity index (χ1v) is 8.24. The van der Waals surface area contributed by atoms with Gasteiger partial charge in [-0.25, -0.2) is 0 Å². The van der Waals surface area contributed by atoms with Gasteiger partial charge in [-0.1, -0.05) is 25.0 Å². The third-order valence-corrected chi connectivity index (χ3v) is 5.53. The van der Waals surface area contributed by atoms with Crippen LogP contribution in [0.4, 0.5) is 5.69 Å². The van der Waals surface area contributed by atoms with E-state index in [4.69, 9.17) is 5.73 Å². The minimum atomic E-state index is 0.107. The van der Waals surface area contributed by atoms with Crippen molar-refractivity contribution in [2.24, 2.45) is 17.6 Å². The van der Waals surface area contributed by atoms with Crippen LogP contribution < -0.4 is 11.1 Å². The average Bonchev–Trinajstić information content (AvgIpc) is 3.26. The Labute approximate surface area is 124 Å². The van der Waals surface area contributed by atoms with Crippen molar-refractivity contribution < 1.29 is 0 Å². The third kappa shape index (κ3) is 2.97. The van der Waals surface area contributed by atoms with Crippen molar-refractivity contribution in [2.75, 3.05) is 11.9 Å². The second kappa shape index (κ2) is 5.45. The zero-order valence-corrected chi connectivity index (χ0v) is 13.0. The summed E-state index contributed by atoms with van der Waals surface area (Å²) >= 11 is 3.63. The predicted octanol–water partition coefficient (Wildman–Crippen LogP) is 4.16. The first-order valence-electron chi connectivity index (χ1n) is 7.45.